The lowest BCUT2D eigenvalue weighted by Crippen LogP contribution is -2.04. The van der Waals surface area contributed by atoms with Gasteiger partial charge in [-0.25, -0.2) is 4.39 Å². The molecule has 0 heterocycles. The minimum atomic E-state index is -0.324. The number of aliphatic hydroxyl groups is 1. The van der Waals surface area contributed by atoms with Crippen molar-refractivity contribution in [1.29, 1.82) is 0 Å². The molecule has 3 nitrogen and oxygen atoms in total. The summed E-state index contributed by atoms with van der Waals surface area (Å²) in [5.41, 5.74) is 0.738. The van der Waals surface area contributed by atoms with Crippen molar-refractivity contribution in [1.82, 2.24) is 0 Å². The van der Waals surface area contributed by atoms with E-state index in [1.54, 1.807) is 6.07 Å². The van der Waals surface area contributed by atoms with Crippen LogP contribution in [0.25, 0.3) is 0 Å². The highest BCUT2D eigenvalue weighted by Crippen LogP contribution is 2.24. The maximum absolute atomic E-state index is 12.8. The average Bonchev–Trinajstić information content (AvgIpc) is 2.20. The van der Waals surface area contributed by atoms with E-state index >= 15 is 0 Å². The number of anilines is 1. The van der Waals surface area contributed by atoms with Crippen LogP contribution in [0.15, 0.2) is 18.2 Å². The van der Waals surface area contributed by atoms with Crippen molar-refractivity contribution in [3.8, 4) is 5.75 Å². The van der Waals surface area contributed by atoms with Gasteiger partial charge in [-0.1, -0.05) is 0 Å². The van der Waals surface area contributed by atoms with E-state index in [0.29, 0.717) is 18.7 Å². The van der Waals surface area contributed by atoms with Crippen molar-refractivity contribution < 1.29 is 14.2 Å². The Morgan fingerprint density at radius 1 is 1.50 bits per heavy atom. The maximum Gasteiger partial charge on any atom is 0.144 e. The number of hydrogen-bond acceptors (Lipinski definition) is 3. The van der Waals surface area contributed by atoms with Crippen molar-refractivity contribution >= 4 is 5.69 Å². The van der Waals surface area contributed by atoms with Crippen LogP contribution in [0.3, 0.4) is 0 Å². The lowest BCUT2D eigenvalue weighted by Gasteiger charge is -2.10. The minimum absolute atomic E-state index is 0.135. The number of ether oxygens (including phenoxy) is 1. The van der Waals surface area contributed by atoms with Gasteiger partial charge in [0, 0.05) is 19.2 Å². The molecule has 0 aliphatic carbocycles. The van der Waals surface area contributed by atoms with E-state index < -0.39 is 0 Å². The van der Waals surface area contributed by atoms with Crippen LogP contribution in [0.4, 0.5) is 10.1 Å². The van der Waals surface area contributed by atoms with Crippen LogP contribution in [0.5, 0.6) is 5.75 Å². The molecule has 0 aliphatic heterocycles. The van der Waals surface area contributed by atoms with Gasteiger partial charge in [0.05, 0.1) is 12.8 Å². The fourth-order valence-corrected chi connectivity index (χ4v) is 1.11. The lowest BCUT2D eigenvalue weighted by molar-refractivity contribution is 0.292. The Morgan fingerprint density at radius 3 is 2.93 bits per heavy atom. The Kier molecular flexibility index (Phi) is 4.19. The molecule has 1 aromatic rings. The first kappa shape index (κ1) is 10.8. The molecule has 78 valence electrons. The highest BCUT2D eigenvalue weighted by Gasteiger charge is 2.02. The third-order valence-corrected chi connectivity index (χ3v) is 1.81. The number of methoxy groups -OCH3 is 1. The SMILES string of the molecule is COc1cc(F)ccc1NCCCO. The van der Waals surface area contributed by atoms with Crippen LogP contribution < -0.4 is 10.1 Å². The molecular formula is C10H14FNO2. The summed E-state index contributed by atoms with van der Waals surface area (Å²) in [5.74, 6) is 0.150. The summed E-state index contributed by atoms with van der Waals surface area (Å²) in [5, 5.41) is 11.6. The molecule has 0 amide bonds. The van der Waals surface area contributed by atoms with Gasteiger partial charge >= 0.3 is 0 Å². The maximum atomic E-state index is 12.8. The molecule has 0 aliphatic rings. The van der Waals surface area contributed by atoms with Gasteiger partial charge in [-0.15, -0.1) is 0 Å². The molecule has 0 saturated heterocycles. The van der Waals surface area contributed by atoms with Crippen molar-refractivity contribution in [2.24, 2.45) is 0 Å². The smallest absolute Gasteiger partial charge is 0.144 e. The van der Waals surface area contributed by atoms with E-state index in [0.717, 1.165) is 5.69 Å². The van der Waals surface area contributed by atoms with E-state index in [4.69, 9.17) is 9.84 Å². The summed E-state index contributed by atoms with van der Waals surface area (Å²) < 4.78 is 17.8. The first-order chi connectivity index (χ1) is 6.77. The van der Waals surface area contributed by atoms with Gasteiger partial charge in [0.15, 0.2) is 0 Å². The topological polar surface area (TPSA) is 41.5 Å². The Labute approximate surface area is 82.5 Å². The average molecular weight is 199 g/mol. The molecule has 0 bridgehead atoms. The third kappa shape index (κ3) is 2.88. The molecule has 0 spiro atoms. The third-order valence-electron chi connectivity index (χ3n) is 1.81. The molecule has 1 rings (SSSR count). The predicted octanol–water partition coefficient (Wildman–Crippen LogP) is 1.63. The second-order valence-electron chi connectivity index (χ2n) is 2.85. The van der Waals surface area contributed by atoms with Gasteiger partial charge < -0.3 is 15.2 Å². The van der Waals surface area contributed by atoms with E-state index in [1.165, 1.54) is 19.2 Å². The molecule has 0 aromatic heterocycles. The highest BCUT2D eigenvalue weighted by atomic mass is 19.1. The molecular weight excluding hydrogens is 185 g/mol. The molecule has 0 radical (unpaired) electrons. The molecule has 0 atom stereocenters. The summed E-state index contributed by atoms with van der Waals surface area (Å²) in [6, 6.07) is 4.30. The van der Waals surface area contributed by atoms with E-state index in [1.807, 2.05) is 0 Å². The van der Waals surface area contributed by atoms with Gasteiger partial charge in [0.1, 0.15) is 11.6 Å². The number of rotatable bonds is 5. The Balaban J connectivity index is 2.65. The molecule has 1 aromatic carbocycles. The van der Waals surface area contributed by atoms with E-state index in [-0.39, 0.29) is 12.4 Å². The van der Waals surface area contributed by atoms with Gasteiger partial charge in [0.2, 0.25) is 0 Å². The second kappa shape index (κ2) is 5.44. The minimum Gasteiger partial charge on any atom is -0.494 e. The zero-order valence-corrected chi connectivity index (χ0v) is 8.09. The van der Waals surface area contributed by atoms with Crippen LogP contribution in [0, 0.1) is 5.82 Å². The van der Waals surface area contributed by atoms with Crippen LogP contribution in [-0.2, 0) is 0 Å². The van der Waals surface area contributed by atoms with Crippen LogP contribution in [0.2, 0.25) is 0 Å². The normalized spacial score (nSPS) is 9.93. The Hall–Kier alpha value is -1.29. The molecule has 2 N–H and O–H groups in total. The number of hydrogen-bond donors (Lipinski definition) is 2. The molecule has 0 saturated carbocycles. The van der Waals surface area contributed by atoms with Gasteiger partial charge in [0.25, 0.3) is 0 Å². The van der Waals surface area contributed by atoms with Crippen molar-refractivity contribution in [2.45, 2.75) is 6.42 Å². The summed E-state index contributed by atoms with van der Waals surface area (Å²) >= 11 is 0. The first-order valence-electron chi connectivity index (χ1n) is 4.46. The lowest BCUT2D eigenvalue weighted by atomic mass is 10.2. The Morgan fingerprint density at radius 2 is 2.29 bits per heavy atom. The fraction of sp³-hybridized carbons (Fsp3) is 0.400. The van der Waals surface area contributed by atoms with Crippen molar-refractivity contribution in [3.63, 3.8) is 0 Å². The zero-order chi connectivity index (χ0) is 10.4. The van der Waals surface area contributed by atoms with Crippen LogP contribution in [-0.4, -0.2) is 25.4 Å². The summed E-state index contributed by atoms with van der Waals surface area (Å²) in [6.45, 7) is 0.773. The second-order valence-corrected chi connectivity index (χ2v) is 2.85. The number of nitrogens with one attached hydrogen (secondary N) is 1. The fourth-order valence-electron chi connectivity index (χ4n) is 1.11. The van der Waals surface area contributed by atoms with Gasteiger partial charge in [-0.3, -0.25) is 0 Å². The number of aliphatic hydroxyl groups excluding tert-OH is 1. The van der Waals surface area contributed by atoms with E-state index in [2.05, 4.69) is 5.32 Å². The highest BCUT2D eigenvalue weighted by molar-refractivity contribution is 5.56. The summed E-state index contributed by atoms with van der Waals surface area (Å²) in [6.07, 6.45) is 0.653. The zero-order valence-electron chi connectivity index (χ0n) is 8.09. The monoisotopic (exact) mass is 199 g/mol. The van der Waals surface area contributed by atoms with Crippen LogP contribution in [0.1, 0.15) is 6.42 Å². The molecule has 4 heteroatoms. The van der Waals surface area contributed by atoms with Crippen LogP contribution >= 0.6 is 0 Å². The molecule has 0 unspecified atom stereocenters. The number of halogens is 1. The van der Waals surface area contributed by atoms with Crippen molar-refractivity contribution in [3.05, 3.63) is 24.0 Å². The molecule has 14 heavy (non-hydrogen) atoms. The summed E-state index contributed by atoms with van der Waals surface area (Å²) in [4.78, 5) is 0. The molecule has 0 fully saturated rings. The predicted molar refractivity (Wildman–Crippen MR) is 53.1 cm³/mol. The van der Waals surface area contributed by atoms with Gasteiger partial charge in [-0.2, -0.15) is 0 Å². The Bertz CT molecular complexity index is 291. The summed E-state index contributed by atoms with van der Waals surface area (Å²) in [7, 11) is 1.49. The quantitative estimate of drug-likeness (QED) is 0.708. The van der Waals surface area contributed by atoms with Crippen molar-refractivity contribution in [2.75, 3.05) is 25.6 Å². The largest absolute Gasteiger partial charge is 0.494 e. The van der Waals surface area contributed by atoms with Gasteiger partial charge in [-0.05, 0) is 18.6 Å². The first-order valence-corrected chi connectivity index (χ1v) is 4.46. The van der Waals surface area contributed by atoms with E-state index in [9.17, 15) is 4.39 Å². The number of benzene rings is 1. The standard InChI is InChI=1S/C10H14FNO2/c1-14-10-7-8(11)3-4-9(10)12-5-2-6-13/h3-4,7,12-13H,2,5-6H2,1H3.